The number of hydrogen-bond acceptors (Lipinski definition) is 8. The quantitative estimate of drug-likeness (QED) is 0.632. The lowest BCUT2D eigenvalue weighted by Crippen LogP contribution is -2.63. The van der Waals surface area contributed by atoms with Crippen LogP contribution in [0.5, 0.6) is 0 Å². The van der Waals surface area contributed by atoms with Crippen molar-refractivity contribution in [1.82, 2.24) is 30.0 Å². The summed E-state index contributed by atoms with van der Waals surface area (Å²) < 4.78 is 10.9. The van der Waals surface area contributed by atoms with Crippen molar-refractivity contribution in [2.75, 3.05) is 53.7 Å². The van der Waals surface area contributed by atoms with E-state index in [4.69, 9.17) is 9.47 Å². The number of ether oxygens (including phenoxy) is 2. The maximum atomic E-state index is 13.3. The molecule has 2 fully saturated rings. The van der Waals surface area contributed by atoms with Crippen molar-refractivity contribution in [1.29, 1.82) is 0 Å². The number of hydrazine groups is 1. The van der Waals surface area contributed by atoms with Crippen molar-refractivity contribution >= 4 is 17.9 Å². The van der Waals surface area contributed by atoms with Gasteiger partial charge in [0, 0.05) is 46.5 Å². The summed E-state index contributed by atoms with van der Waals surface area (Å²) in [5, 5.41) is 6.43. The summed E-state index contributed by atoms with van der Waals surface area (Å²) in [6.07, 6.45) is 1.20. The zero-order valence-electron chi connectivity index (χ0n) is 20.2. The smallest absolute Gasteiger partial charge is 0.408 e. The van der Waals surface area contributed by atoms with Gasteiger partial charge in [0.05, 0.1) is 12.3 Å². The Balaban J connectivity index is 1.62. The van der Waals surface area contributed by atoms with Crippen LogP contribution >= 0.6 is 0 Å². The Morgan fingerprint density at radius 1 is 1.06 bits per heavy atom. The van der Waals surface area contributed by atoms with Gasteiger partial charge >= 0.3 is 6.09 Å². The highest BCUT2D eigenvalue weighted by Gasteiger charge is 2.43. The second-order valence-corrected chi connectivity index (χ2v) is 9.96. The summed E-state index contributed by atoms with van der Waals surface area (Å²) in [7, 11) is 3.45. The lowest BCUT2D eigenvalue weighted by atomic mass is 9.97. The van der Waals surface area contributed by atoms with Crippen LogP contribution in [-0.4, -0.2) is 114 Å². The summed E-state index contributed by atoms with van der Waals surface area (Å²) >= 11 is 0. The molecule has 0 bridgehead atoms. The summed E-state index contributed by atoms with van der Waals surface area (Å²) in [5.74, 6) is -0.251. The molecule has 1 unspecified atom stereocenters. The third-order valence-electron chi connectivity index (χ3n) is 5.87. The van der Waals surface area contributed by atoms with E-state index in [0.717, 1.165) is 0 Å². The Morgan fingerprint density at radius 3 is 2.22 bits per heavy atom. The topological polar surface area (TPSA) is 97.9 Å². The van der Waals surface area contributed by atoms with Crippen molar-refractivity contribution in [2.45, 2.75) is 51.9 Å². The molecule has 1 N–H and O–H groups in total. The van der Waals surface area contributed by atoms with Crippen LogP contribution in [0.2, 0.25) is 0 Å². The Kier molecular flexibility index (Phi) is 6.62. The van der Waals surface area contributed by atoms with Crippen molar-refractivity contribution in [3.8, 4) is 0 Å². The van der Waals surface area contributed by atoms with Gasteiger partial charge in [-0.15, -0.1) is 0 Å². The number of methoxy groups -OCH3 is 1. The van der Waals surface area contributed by atoms with E-state index in [1.165, 1.54) is 7.11 Å². The van der Waals surface area contributed by atoms with Crippen molar-refractivity contribution < 1.29 is 23.9 Å². The van der Waals surface area contributed by atoms with E-state index in [1.54, 1.807) is 44.5 Å². The molecule has 3 heterocycles. The van der Waals surface area contributed by atoms with E-state index in [-0.39, 0.29) is 11.8 Å². The molecule has 0 spiro atoms. The minimum Gasteiger partial charge on any atom is -0.444 e. The van der Waals surface area contributed by atoms with Gasteiger partial charge in [0.15, 0.2) is 0 Å². The molecule has 0 aliphatic carbocycles. The molecule has 3 aliphatic rings. The first-order chi connectivity index (χ1) is 14.8. The first-order valence-corrected chi connectivity index (χ1v) is 10.9. The van der Waals surface area contributed by atoms with Crippen molar-refractivity contribution in [3.63, 3.8) is 0 Å². The van der Waals surface area contributed by atoms with Crippen LogP contribution in [0.25, 0.3) is 0 Å². The van der Waals surface area contributed by atoms with E-state index in [2.05, 4.69) is 5.32 Å². The Bertz CT molecular complexity index is 784. The van der Waals surface area contributed by atoms with E-state index >= 15 is 0 Å². The molecule has 0 radical (unpaired) electrons. The lowest BCUT2D eigenvalue weighted by molar-refractivity contribution is -0.152. The predicted octanol–water partition coefficient (Wildman–Crippen LogP) is 0.210. The lowest BCUT2D eigenvalue weighted by Gasteiger charge is -2.42. The summed E-state index contributed by atoms with van der Waals surface area (Å²) in [4.78, 5) is 44.2. The minimum absolute atomic E-state index is 0.0147. The number of hydrogen-bond donors (Lipinski definition) is 1. The molecule has 11 heteroatoms. The van der Waals surface area contributed by atoms with Gasteiger partial charge in [-0.2, -0.15) is 0 Å². The van der Waals surface area contributed by atoms with Crippen LogP contribution in [0, 0.1) is 0 Å². The third kappa shape index (κ3) is 5.09. The van der Waals surface area contributed by atoms with Crippen LogP contribution in [0.1, 0.15) is 34.6 Å². The van der Waals surface area contributed by atoms with Crippen molar-refractivity contribution in [2.24, 2.45) is 0 Å². The molecule has 180 valence electrons. The fraction of sp³-hybridized carbons (Fsp3) is 0.762. The molecule has 0 aromatic heterocycles. The predicted molar refractivity (Wildman–Crippen MR) is 117 cm³/mol. The number of rotatable bonds is 5. The molecule has 2 saturated heterocycles. The summed E-state index contributed by atoms with van der Waals surface area (Å²) in [6, 6.07) is -0.909. The average Bonchev–Trinajstić information content (AvgIpc) is 3.21. The van der Waals surface area contributed by atoms with Crippen LogP contribution in [-0.2, 0) is 19.1 Å². The maximum Gasteiger partial charge on any atom is 0.408 e. The monoisotopic (exact) mass is 452 g/mol. The van der Waals surface area contributed by atoms with E-state index in [1.807, 2.05) is 28.1 Å². The highest BCUT2D eigenvalue weighted by molar-refractivity contribution is 5.94. The van der Waals surface area contributed by atoms with E-state index in [9.17, 15) is 14.4 Å². The zero-order valence-corrected chi connectivity index (χ0v) is 20.2. The van der Waals surface area contributed by atoms with Gasteiger partial charge in [-0.05, 0) is 34.6 Å². The fourth-order valence-electron chi connectivity index (χ4n) is 3.98. The Morgan fingerprint density at radius 2 is 1.69 bits per heavy atom. The summed E-state index contributed by atoms with van der Waals surface area (Å²) in [6.45, 7) is 12.0. The molecule has 3 aliphatic heterocycles. The number of amides is 3. The van der Waals surface area contributed by atoms with Gasteiger partial charge in [0.1, 0.15) is 24.0 Å². The zero-order chi connectivity index (χ0) is 23.8. The number of carbonyl (C=O) groups is 3. The van der Waals surface area contributed by atoms with Crippen LogP contribution < -0.4 is 5.32 Å². The summed E-state index contributed by atoms with van der Waals surface area (Å²) in [5.41, 5.74) is -0.907. The van der Waals surface area contributed by atoms with Crippen molar-refractivity contribution in [3.05, 3.63) is 11.9 Å². The number of carbonyl (C=O) groups excluding carboxylic acids is 3. The minimum atomic E-state index is -0.931. The molecule has 1 atom stereocenters. The number of fused-ring (bicyclic) bond motifs is 1. The normalized spacial score (nSPS) is 21.0. The van der Waals surface area contributed by atoms with Gasteiger partial charge in [-0.3, -0.25) is 9.59 Å². The molecule has 32 heavy (non-hydrogen) atoms. The molecular formula is C21H36N6O5. The van der Waals surface area contributed by atoms with Gasteiger partial charge in [0.25, 0.3) is 5.91 Å². The molecule has 0 aromatic carbocycles. The first-order valence-electron chi connectivity index (χ1n) is 10.9. The third-order valence-corrected chi connectivity index (χ3v) is 5.87. The largest absolute Gasteiger partial charge is 0.444 e. The molecule has 0 aromatic rings. The standard InChI is InChI=1S/C21H36N6O5/c1-20(2,3)32-19(30)22-16(21(4,5)31-7)18(29)24-8-10-26(11-9-24)27-14-25-13-23(6)12-15(25)17(27)28/h12,16H,8-11,13-14H2,1-7H3,(H,22,30). The second-order valence-electron chi connectivity index (χ2n) is 9.96. The van der Waals surface area contributed by atoms with Crippen LogP contribution in [0.3, 0.4) is 0 Å². The highest BCUT2D eigenvalue weighted by atomic mass is 16.6. The first kappa shape index (κ1) is 24.1. The number of nitrogens with one attached hydrogen (secondary N) is 1. The number of alkyl carbamates (subject to hydrolysis) is 1. The van der Waals surface area contributed by atoms with Crippen LogP contribution in [0.4, 0.5) is 4.79 Å². The Labute approximate surface area is 189 Å². The molecule has 3 rings (SSSR count). The van der Waals surface area contributed by atoms with E-state index < -0.39 is 23.3 Å². The molecule has 0 saturated carbocycles. The highest BCUT2D eigenvalue weighted by Crippen LogP contribution is 2.26. The van der Waals surface area contributed by atoms with Gasteiger partial charge in [0.2, 0.25) is 5.91 Å². The second kappa shape index (κ2) is 8.78. The fourth-order valence-corrected chi connectivity index (χ4v) is 3.98. The van der Waals surface area contributed by atoms with Gasteiger partial charge < -0.3 is 29.5 Å². The molecule has 11 nitrogen and oxygen atoms in total. The number of nitrogens with zero attached hydrogens (tertiary/aromatic N) is 5. The van der Waals surface area contributed by atoms with Gasteiger partial charge in [-0.1, -0.05) is 0 Å². The Hall–Kier alpha value is -2.53. The van der Waals surface area contributed by atoms with Gasteiger partial charge in [-0.25, -0.2) is 14.8 Å². The SMILES string of the molecule is COC(C)(C)C(NC(=O)OC(C)(C)C)C(=O)N1CCN(N2CN3CN(C)C=C3C2=O)CC1. The molecule has 3 amide bonds. The number of piperazine rings is 1. The van der Waals surface area contributed by atoms with E-state index in [0.29, 0.717) is 45.2 Å². The average molecular weight is 453 g/mol. The van der Waals surface area contributed by atoms with Crippen LogP contribution in [0.15, 0.2) is 11.9 Å². The molecular weight excluding hydrogens is 416 g/mol. The maximum absolute atomic E-state index is 13.3.